The molecule has 1 nitrogen and oxygen atoms in total. The van der Waals surface area contributed by atoms with E-state index < -0.39 is 0 Å². The number of hydrogen-bond donors (Lipinski definition) is 1. The Morgan fingerprint density at radius 2 is 1.94 bits per heavy atom. The summed E-state index contributed by atoms with van der Waals surface area (Å²) >= 11 is 0. The molecule has 3 aliphatic carbocycles. The van der Waals surface area contributed by atoms with Gasteiger partial charge in [-0.1, -0.05) is 26.2 Å². The lowest BCUT2D eigenvalue weighted by Gasteiger charge is -2.34. The molecule has 3 fully saturated rings. The molecule has 0 spiro atoms. The number of nitrogens with one attached hydrogen (secondary N) is 1. The fourth-order valence-electron chi connectivity index (χ4n) is 5.34. The van der Waals surface area contributed by atoms with Gasteiger partial charge in [-0.15, -0.1) is 0 Å². The Labute approximate surface area is 107 Å². The predicted octanol–water partition coefficient (Wildman–Crippen LogP) is 3.84. The molecule has 0 radical (unpaired) electrons. The highest BCUT2D eigenvalue weighted by Crippen LogP contribution is 2.52. The second-order valence-electron chi connectivity index (χ2n) is 7.00. The molecule has 0 aromatic carbocycles. The molecule has 1 heteroatoms. The van der Waals surface area contributed by atoms with Gasteiger partial charge in [-0.2, -0.15) is 0 Å². The lowest BCUT2D eigenvalue weighted by Crippen LogP contribution is -2.41. The zero-order chi connectivity index (χ0) is 11.8. The Bertz CT molecular complexity index is 262. The van der Waals surface area contributed by atoms with Crippen molar-refractivity contribution >= 4 is 0 Å². The molecule has 6 atom stereocenters. The summed E-state index contributed by atoms with van der Waals surface area (Å²) in [6.45, 7) is 2.37. The Kier molecular flexibility index (Phi) is 3.47. The molecule has 3 saturated carbocycles. The minimum atomic E-state index is 0.849. The molecule has 0 aliphatic heterocycles. The van der Waals surface area contributed by atoms with Crippen LogP contribution in [0.3, 0.4) is 0 Å². The molecule has 0 saturated heterocycles. The van der Waals surface area contributed by atoms with E-state index >= 15 is 0 Å². The highest BCUT2D eigenvalue weighted by atomic mass is 14.9. The van der Waals surface area contributed by atoms with Crippen molar-refractivity contribution in [3.8, 4) is 0 Å². The van der Waals surface area contributed by atoms with Crippen LogP contribution in [-0.4, -0.2) is 13.1 Å². The highest BCUT2D eigenvalue weighted by Gasteiger charge is 2.45. The average molecular weight is 235 g/mol. The predicted molar refractivity (Wildman–Crippen MR) is 72.9 cm³/mol. The summed E-state index contributed by atoms with van der Waals surface area (Å²) in [6, 6.07) is 0.849. The van der Waals surface area contributed by atoms with Gasteiger partial charge >= 0.3 is 0 Å². The molecule has 3 aliphatic rings. The van der Waals surface area contributed by atoms with Gasteiger partial charge < -0.3 is 5.32 Å². The standard InChI is InChI=1S/C16H29N/c1-3-11-4-7-14(8-11)16(17-2)15-10-12-5-6-13(15)9-12/h11-17H,3-10H2,1-2H3. The van der Waals surface area contributed by atoms with Crippen LogP contribution in [0.4, 0.5) is 0 Å². The third kappa shape index (κ3) is 2.16. The van der Waals surface area contributed by atoms with E-state index in [2.05, 4.69) is 19.3 Å². The van der Waals surface area contributed by atoms with Crippen LogP contribution >= 0.6 is 0 Å². The zero-order valence-electron chi connectivity index (χ0n) is 11.6. The van der Waals surface area contributed by atoms with E-state index in [9.17, 15) is 0 Å². The van der Waals surface area contributed by atoms with Gasteiger partial charge in [0.2, 0.25) is 0 Å². The van der Waals surface area contributed by atoms with Crippen LogP contribution in [0.25, 0.3) is 0 Å². The summed E-state index contributed by atoms with van der Waals surface area (Å²) in [5.74, 6) is 5.24. The summed E-state index contributed by atoms with van der Waals surface area (Å²) in [5.41, 5.74) is 0. The molecule has 0 amide bonds. The van der Waals surface area contributed by atoms with Crippen molar-refractivity contribution in [1.82, 2.24) is 5.32 Å². The van der Waals surface area contributed by atoms with Crippen molar-refractivity contribution in [1.29, 1.82) is 0 Å². The normalized spacial score (nSPS) is 46.6. The van der Waals surface area contributed by atoms with Crippen LogP contribution in [0.15, 0.2) is 0 Å². The molecule has 17 heavy (non-hydrogen) atoms. The fraction of sp³-hybridized carbons (Fsp3) is 1.00. The van der Waals surface area contributed by atoms with Gasteiger partial charge in [-0.3, -0.25) is 0 Å². The third-order valence-corrected chi connectivity index (χ3v) is 6.25. The molecule has 0 aromatic rings. The number of rotatable bonds is 4. The Morgan fingerprint density at radius 1 is 1.06 bits per heavy atom. The van der Waals surface area contributed by atoms with Gasteiger partial charge in [0.15, 0.2) is 0 Å². The maximum atomic E-state index is 3.72. The van der Waals surface area contributed by atoms with Gasteiger partial charge in [0.05, 0.1) is 0 Å². The summed E-state index contributed by atoms with van der Waals surface area (Å²) in [7, 11) is 2.22. The summed E-state index contributed by atoms with van der Waals surface area (Å²) < 4.78 is 0. The molecule has 2 bridgehead atoms. The Hall–Kier alpha value is -0.0400. The smallest absolute Gasteiger partial charge is 0.0123 e. The minimum Gasteiger partial charge on any atom is -0.316 e. The molecule has 3 rings (SSSR count). The van der Waals surface area contributed by atoms with Crippen molar-refractivity contribution in [2.75, 3.05) is 7.05 Å². The van der Waals surface area contributed by atoms with Crippen LogP contribution in [0.1, 0.15) is 58.3 Å². The first kappa shape index (κ1) is 12.0. The monoisotopic (exact) mass is 235 g/mol. The van der Waals surface area contributed by atoms with Gasteiger partial charge in [-0.05, 0) is 68.7 Å². The van der Waals surface area contributed by atoms with Crippen molar-refractivity contribution in [2.45, 2.75) is 64.3 Å². The molecule has 1 N–H and O–H groups in total. The van der Waals surface area contributed by atoms with Crippen LogP contribution in [-0.2, 0) is 0 Å². The van der Waals surface area contributed by atoms with Crippen LogP contribution in [0, 0.1) is 29.6 Å². The van der Waals surface area contributed by atoms with Crippen LogP contribution in [0.5, 0.6) is 0 Å². The van der Waals surface area contributed by atoms with E-state index in [1.54, 1.807) is 19.3 Å². The van der Waals surface area contributed by atoms with Crippen LogP contribution in [0.2, 0.25) is 0 Å². The van der Waals surface area contributed by atoms with Gasteiger partial charge in [-0.25, -0.2) is 0 Å². The van der Waals surface area contributed by atoms with Gasteiger partial charge in [0.25, 0.3) is 0 Å². The van der Waals surface area contributed by atoms with E-state index in [1.807, 2.05) is 0 Å². The largest absolute Gasteiger partial charge is 0.316 e. The molecule has 98 valence electrons. The first-order valence-corrected chi connectivity index (χ1v) is 7.99. The molecule has 0 aromatic heterocycles. The lowest BCUT2D eigenvalue weighted by atomic mass is 9.77. The van der Waals surface area contributed by atoms with E-state index in [0.29, 0.717) is 0 Å². The van der Waals surface area contributed by atoms with E-state index in [4.69, 9.17) is 0 Å². The van der Waals surface area contributed by atoms with Crippen molar-refractivity contribution < 1.29 is 0 Å². The summed E-state index contributed by atoms with van der Waals surface area (Å²) in [4.78, 5) is 0. The molecule has 0 heterocycles. The van der Waals surface area contributed by atoms with Gasteiger partial charge in [0, 0.05) is 6.04 Å². The van der Waals surface area contributed by atoms with E-state index in [-0.39, 0.29) is 0 Å². The first-order chi connectivity index (χ1) is 8.31. The topological polar surface area (TPSA) is 12.0 Å². The van der Waals surface area contributed by atoms with Crippen molar-refractivity contribution in [3.05, 3.63) is 0 Å². The average Bonchev–Trinajstić information content (AvgIpc) is 3.05. The summed E-state index contributed by atoms with van der Waals surface area (Å²) in [5, 5.41) is 3.72. The SMILES string of the molecule is CCC1CCC(C(NC)C2CC3CCC2C3)C1. The Morgan fingerprint density at radius 3 is 2.47 bits per heavy atom. The Balaban J connectivity index is 1.63. The van der Waals surface area contributed by atoms with Gasteiger partial charge in [0.1, 0.15) is 0 Å². The quantitative estimate of drug-likeness (QED) is 0.781. The second kappa shape index (κ2) is 4.91. The lowest BCUT2D eigenvalue weighted by molar-refractivity contribution is 0.197. The maximum Gasteiger partial charge on any atom is 0.0123 e. The van der Waals surface area contributed by atoms with Crippen LogP contribution < -0.4 is 5.32 Å². The van der Waals surface area contributed by atoms with Crippen molar-refractivity contribution in [3.63, 3.8) is 0 Å². The molecular weight excluding hydrogens is 206 g/mol. The third-order valence-electron chi connectivity index (χ3n) is 6.25. The fourth-order valence-corrected chi connectivity index (χ4v) is 5.34. The van der Waals surface area contributed by atoms with E-state index in [0.717, 1.165) is 35.6 Å². The number of fused-ring (bicyclic) bond motifs is 2. The number of hydrogen-bond acceptors (Lipinski definition) is 1. The summed E-state index contributed by atoms with van der Waals surface area (Å²) in [6.07, 6.45) is 12.1. The zero-order valence-corrected chi connectivity index (χ0v) is 11.6. The minimum absolute atomic E-state index is 0.849. The van der Waals surface area contributed by atoms with Crippen molar-refractivity contribution in [2.24, 2.45) is 29.6 Å². The first-order valence-electron chi connectivity index (χ1n) is 7.99. The molecular formula is C16H29N. The maximum absolute atomic E-state index is 3.72. The highest BCUT2D eigenvalue weighted by molar-refractivity contribution is 4.98. The van der Waals surface area contributed by atoms with E-state index in [1.165, 1.54) is 32.1 Å². The molecule has 6 unspecified atom stereocenters. The second-order valence-corrected chi connectivity index (χ2v) is 7.00.